The Morgan fingerprint density at radius 2 is 0.829 bits per heavy atom. The number of fused-ring (bicyclic) bond motifs is 2. The van der Waals surface area contributed by atoms with E-state index in [1.54, 1.807) is 42.7 Å². The van der Waals surface area contributed by atoms with Gasteiger partial charge in [-0.05, 0) is 65.8 Å². The van der Waals surface area contributed by atoms with E-state index in [9.17, 15) is 0 Å². The van der Waals surface area contributed by atoms with Crippen molar-refractivity contribution in [1.82, 2.24) is 0 Å². The van der Waals surface area contributed by atoms with Crippen LogP contribution in [0.5, 0.6) is 46.0 Å². The second-order valence-corrected chi connectivity index (χ2v) is 11.0. The van der Waals surface area contributed by atoms with Crippen LogP contribution in [-0.4, -0.2) is 53.9 Å². The number of hydrogen-bond acceptors (Lipinski definition) is 9. The maximum absolute atomic E-state index is 6.69. The van der Waals surface area contributed by atoms with Crippen LogP contribution < -0.4 is 37.9 Å². The molecule has 0 spiro atoms. The maximum atomic E-state index is 6.69. The summed E-state index contributed by atoms with van der Waals surface area (Å²) in [7, 11) is 9.57. The first-order chi connectivity index (χ1) is 19.4. The summed E-state index contributed by atoms with van der Waals surface area (Å²) in [6.45, 7) is 11.8. The van der Waals surface area contributed by atoms with Gasteiger partial charge in [-0.15, -0.1) is 0 Å². The Morgan fingerprint density at radius 3 is 1.12 bits per heavy atom. The first-order valence-corrected chi connectivity index (χ1v) is 13.5. The molecular formula is C32H42O9. The molecule has 2 aromatic rings. The third-order valence-electron chi connectivity index (χ3n) is 7.26. The summed E-state index contributed by atoms with van der Waals surface area (Å²) in [5, 5.41) is 0. The zero-order valence-electron chi connectivity index (χ0n) is 26.1. The van der Waals surface area contributed by atoms with Crippen molar-refractivity contribution in [3.05, 3.63) is 34.4 Å². The predicted molar refractivity (Wildman–Crippen MR) is 158 cm³/mol. The standard InChI is InChI=1S/C32H42O9/c1-17(21-23(33-7)19-13-15-31(3,4)40-25(19)29(37-11)27(21)35-9)39-18(2)22-24(34-8)20-14-16-32(5,6)41-26(20)30(38-12)28(22)36-10/h13-18H,1-12H3/t17-,18-/m1/s1. The largest absolute Gasteiger partial charge is 0.495 e. The summed E-state index contributed by atoms with van der Waals surface area (Å²) in [4.78, 5) is 0. The molecule has 2 heterocycles. The van der Waals surface area contributed by atoms with E-state index in [0.29, 0.717) is 57.1 Å². The normalized spacial score (nSPS) is 17.3. The van der Waals surface area contributed by atoms with Gasteiger partial charge in [-0.25, -0.2) is 0 Å². The van der Waals surface area contributed by atoms with Crippen LogP contribution in [0.15, 0.2) is 12.2 Å². The second kappa shape index (κ2) is 11.3. The van der Waals surface area contributed by atoms with Gasteiger partial charge < -0.3 is 42.6 Å². The van der Waals surface area contributed by atoms with E-state index in [4.69, 9.17) is 42.6 Å². The van der Waals surface area contributed by atoms with Crippen LogP contribution in [0, 0.1) is 0 Å². The first-order valence-electron chi connectivity index (χ1n) is 13.5. The molecule has 0 saturated carbocycles. The van der Waals surface area contributed by atoms with Crippen molar-refractivity contribution in [3.8, 4) is 46.0 Å². The van der Waals surface area contributed by atoms with Crippen molar-refractivity contribution < 1.29 is 42.6 Å². The third-order valence-corrected chi connectivity index (χ3v) is 7.26. The molecule has 2 atom stereocenters. The molecule has 0 fully saturated rings. The Balaban J connectivity index is 1.86. The van der Waals surface area contributed by atoms with Crippen molar-refractivity contribution in [1.29, 1.82) is 0 Å². The molecule has 0 N–H and O–H groups in total. The van der Waals surface area contributed by atoms with Gasteiger partial charge in [0.1, 0.15) is 22.7 Å². The van der Waals surface area contributed by atoms with Gasteiger partial charge in [0.25, 0.3) is 0 Å². The van der Waals surface area contributed by atoms with Crippen LogP contribution in [0.1, 0.15) is 76.0 Å². The molecule has 41 heavy (non-hydrogen) atoms. The number of rotatable bonds is 10. The number of ether oxygens (including phenoxy) is 9. The third kappa shape index (κ3) is 5.23. The fraction of sp³-hybridized carbons (Fsp3) is 0.500. The van der Waals surface area contributed by atoms with Crippen LogP contribution in [0.4, 0.5) is 0 Å². The van der Waals surface area contributed by atoms with Crippen molar-refractivity contribution in [3.63, 3.8) is 0 Å². The lowest BCUT2D eigenvalue weighted by atomic mass is 9.95. The SMILES string of the molecule is COc1c2c(c(OC)c([C@@H](C)O[C@H](C)c3c(OC)c4c(c(OC)c3OC)OC(C)(C)C=C4)c1OC)C=CC(C)(C)O2. The van der Waals surface area contributed by atoms with Crippen LogP contribution in [0.3, 0.4) is 0 Å². The summed E-state index contributed by atoms with van der Waals surface area (Å²) >= 11 is 0. The van der Waals surface area contributed by atoms with Gasteiger partial charge in [0.05, 0.1) is 77.1 Å². The lowest BCUT2D eigenvalue weighted by molar-refractivity contribution is 0.000682. The van der Waals surface area contributed by atoms with E-state index in [2.05, 4.69) is 0 Å². The smallest absolute Gasteiger partial charge is 0.204 e. The maximum Gasteiger partial charge on any atom is 0.204 e. The average molecular weight is 571 g/mol. The van der Waals surface area contributed by atoms with Crippen molar-refractivity contribution >= 4 is 12.2 Å². The van der Waals surface area contributed by atoms with Crippen LogP contribution in [0.25, 0.3) is 12.2 Å². The van der Waals surface area contributed by atoms with Gasteiger partial charge >= 0.3 is 0 Å². The van der Waals surface area contributed by atoms with Gasteiger partial charge in [0.15, 0.2) is 23.0 Å². The van der Waals surface area contributed by atoms with E-state index in [1.807, 2.05) is 65.8 Å². The van der Waals surface area contributed by atoms with Gasteiger partial charge in [-0.2, -0.15) is 0 Å². The zero-order chi connectivity index (χ0) is 30.3. The first kappa shape index (κ1) is 30.2. The Kier molecular flexibility index (Phi) is 8.32. The Bertz CT molecular complexity index is 1270. The second-order valence-electron chi connectivity index (χ2n) is 11.0. The van der Waals surface area contributed by atoms with E-state index < -0.39 is 23.4 Å². The quantitative estimate of drug-likeness (QED) is 0.301. The van der Waals surface area contributed by atoms with Gasteiger partial charge in [0.2, 0.25) is 11.5 Å². The fourth-order valence-electron chi connectivity index (χ4n) is 5.46. The molecule has 0 amide bonds. The highest BCUT2D eigenvalue weighted by molar-refractivity contribution is 5.79. The Morgan fingerprint density at radius 1 is 0.512 bits per heavy atom. The predicted octanol–water partition coefficient (Wildman–Crippen LogP) is 6.95. The highest BCUT2D eigenvalue weighted by Crippen LogP contribution is 2.57. The van der Waals surface area contributed by atoms with E-state index in [1.165, 1.54) is 0 Å². The Hall–Kier alpha value is -3.72. The highest BCUT2D eigenvalue weighted by atomic mass is 16.6. The lowest BCUT2D eigenvalue weighted by Gasteiger charge is -2.34. The summed E-state index contributed by atoms with van der Waals surface area (Å²) in [6.07, 6.45) is 6.86. The molecule has 2 aliphatic heterocycles. The van der Waals surface area contributed by atoms with E-state index in [0.717, 1.165) is 11.1 Å². The number of methoxy groups -OCH3 is 6. The minimum Gasteiger partial charge on any atom is -0.495 e. The molecule has 9 heteroatoms. The average Bonchev–Trinajstić information content (AvgIpc) is 2.93. The molecule has 2 aliphatic rings. The molecule has 0 bridgehead atoms. The molecule has 0 aliphatic carbocycles. The number of benzene rings is 2. The van der Waals surface area contributed by atoms with Gasteiger partial charge in [-0.1, -0.05) is 0 Å². The minimum atomic E-state index is -0.528. The van der Waals surface area contributed by atoms with Crippen molar-refractivity contribution in [2.45, 2.75) is 65.0 Å². The molecule has 224 valence electrons. The lowest BCUT2D eigenvalue weighted by Crippen LogP contribution is -2.28. The van der Waals surface area contributed by atoms with E-state index >= 15 is 0 Å². The van der Waals surface area contributed by atoms with Gasteiger partial charge in [0, 0.05) is 0 Å². The zero-order valence-corrected chi connectivity index (χ0v) is 26.1. The van der Waals surface area contributed by atoms with Gasteiger partial charge in [-0.3, -0.25) is 0 Å². The molecule has 0 unspecified atom stereocenters. The summed E-state index contributed by atoms with van der Waals surface area (Å²) in [5.74, 6) is 4.12. The molecule has 0 aromatic heterocycles. The molecule has 9 nitrogen and oxygen atoms in total. The van der Waals surface area contributed by atoms with Crippen LogP contribution in [-0.2, 0) is 4.74 Å². The van der Waals surface area contributed by atoms with Crippen LogP contribution in [0.2, 0.25) is 0 Å². The Labute approximate surface area is 242 Å². The molecular weight excluding hydrogens is 528 g/mol. The molecule has 0 radical (unpaired) electrons. The molecule has 0 saturated heterocycles. The monoisotopic (exact) mass is 570 g/mol. The summed E-state index contributed by atoms with van der Waals surface area (Å²) in [5.41, 5.74) is 1.80. The fourth-order valence-corrected chi connectivity index (χ4v) is 5.46. The van der Waals surface area contributed by atoms with Crippen LogP contribution >= 0.6 is 0 Å². The molecule has 2 aromatic carbocycles. The van der Waals surface area contributed by atoms with Crippen molar-refractivity contribution in [2.75, 3.05) is 42.7 Å². The topological polar surface area (TPSA) is 83.1 Å². The summed E-state index contributed by atoms with van der Waals surface area (Å²) in [6, 6.07) is 0. The summed E-state index contributed by atoms with van der Waals surface area (Å²) < 4.78 is 54.6. The van der Waals surface area contributed by atoms with Crippen molar-refractivity contribution in [2.24, 2.45) is 0 Å². The minimum absolute atomic E-state index is 0.467. The highest BCUT2D eigenvalue weighted by Gasteiger charge is 2.38. The molecule has 4 rings (SSSR count). The number of hydrogen-bond donors (Lipinski definition) is 0. The van der Waals surface area contributed by atoms with E-state index in [-0.39, 0.29) is 0 Å².